The molecular weight excluding hydrogens is 554 g/mol. The smallest absolute Gasteiger partial charge is 0.416 e. The molecule has 1 aliphatic heterocycles. The van der Waals surface area contributed by atoms with Crippen molar-refractivity contribution >= 4 is 17.4 Å². The summed E-state index contributed by atoms with van der Waals surface area (Å²) in [5, 5.41) is 4.45. The number of amides is 2. The summed E-state index contributed by atoms with van der Waals surface area (Å²) in [7, 11) is 0. The minimum atomic E-state index is -4.99. The van der Waals surface area contributed by atoms with Crippen LogP contribution in [0.15, 0.2) is 72.8 Å². The summed E-state index contributed by atoms with van der Waals surface area (Å²) in [6.45, 7) is 1.50. The third-order valence-corrected chi connectivity index (χ3v) is 6.44. The molecule has 1 aliphatic rings. The van der Waals surface area contributed by atoms with Crippen LogP contribution in [-0.2, 0) is 10.3 Å². The van der Waals surface area contributed by atoms with E-state index in [0.29, 0.717) is 0 Å². The molecule has 216 valence electrons. The lowest BCUT2D eigenvalue weighted by molar-refractivity contribution is -0.201. The number of hydrogen-bond donors (Lipinski definition) is 2. The van der Waals surface area contributed by atoms with Gasteiger partial charge in [0, 0.05) is 25.2 Å². The van der Waals surface area contributed by atoms with Crippen molar-refractivity contribution in [2.45, 2.75) is 44.1 Å². The van der Waals surface area contributed by atoms with Crippen LogP contribution in [0.3, 0.4) is 0 Å². The Balaban J connectivity index is 1.70. The number of halogens is 6. The highest BCUT2D eigenvalue weighted by Crippen LogP contribution is 2.48. The van der Waals surface area contributed by atoms with E-state index in [2.05, 4.69) is 20.6 Å². The number of alkyl halides is 6. The standard InChI is InChI=1S/C28H24F6N4O3/c1-17-3-5-18(6-4-17)21-15-26(28(32,33)34,19-7-9-20(10-8-19)41-14-2-11-27(29,30)31)38-25(40)23(21)37-24(39)22-16-35-12-13-36-22/h3-10,12-13,16H,2,11,14-15H2,1H3,(H,37,39)(H,38,40). The van der Waals surface area contributed by atoms with Gasteiger partial charge in [0.25, 0.3) is 11.8 Å². The second kappa shape index (κ2) is 11.6. The van der Waals surface area contributed by atoms with Crippen LogP contribution in [0.25, 0.3) is 5.57 Å². The van der Waals surface area contributed by atoms with Gasteiger partial charge in [-0.05, 0) is 42.2 Å². The second-order valence-corrected chi connectivity index (χ2v) is 9.39. The molecule has 2 N–H and O–H groups in total. The maximum atomic E-state index is 14.8. The molecule has 13 heteroatoms. The molecule has 4 rings (SSSR count). The van der Waals surface area contributed by atoms with E-state index in [0.717, 1.165) is 23.9 Å². The molecule has 1 aromatic heterocycles. The number of ether oxygens (including phenoxy) is 1. The fourth-order valence-corrected chi connectivity index (χ4v) is 4.33. The Morgan fingerprint density at radius 3 is 2.29 bits per heavy atom. The zero-order chi connectivity index (χ0) is 29.8. The minimum Gasteiger partial charge on any atom is -0.494 e. The Bertz CT molecular complexity index is 1420. The van der Waals surface area contributed by atoms with Gasteiger partial charge in [0.15, 0.2) is 5.54 Å². The maximum absolute atomic E-state index is 14.8. The summed E-state index contributed by atoms with van der Waals surface area (Å²) in [5.41, 5.74) is -2.67. The lowest BCUT2D eigenvalue weighted by Crippen LogP contribution is -2.60. The van der Waals surface area contributed by atoms with E-state index >= 15 is 0 Å². The normalized spacial score (nSPS) is 17.7. The quantitative estimate of drug-likeness (QED) is 0.267. The first-order valence-electron chi connectivity index (χ1n) is 12.4. The van der Waals surface area contributed by atoms with Crippen LogP contribution < -0.4 is 15.4 Å². The molecule has 1 unspecified atom stereocenters. The molecule has 41 heavy (non-hydrogen) atoms. The Kier molecular flexibility index (Phi) is 8.36. The average molecular weight is 579 g/mol. The zero-order valence-corrected chi connectivity index (χ0v) is 21.6. The van der Waals surface area contributed by atoms with Gasteiger partial charge in [-0.25, -0.2) is 4.98 Å². The van der Waals surface area contributed by atoms with Gasteiger partial charge >= 0.3 is 12.4 Å². The van der Waals surface area contributed by atoms with Crippen molar-refractivity contribution < 1.29 is 40.7 Å². The van der Waals surface area contributed by atoms with Gasteiger partial charge in [-0.15, -0.1) is 0 Å². The molecule has 1 atom stereocenters. The summed E-state index contributed by atoms with van der Waals surface area (Å²) < 4.78 is 86.8. The van der Waals surface area contributed by atoms with Crippen LogP contribution in [0, 0.1) is 6.92 Å². The van der Waals surface area contributed by atoms with Crippen LogP contribution in [0.5, 0.6) is 5.75 Å². The third kappa shape index (κ3) is 6.84. The van der Waals surface area contributed by atoms with Gasteiger partial charge < -0.3 is 15.4 Å². The summed E-state index contributed by atoms with van der Waals surface area (Å²) in [4.78, 5) is 33.8. The molecule has 0 bridgehead atoms. The van der Waals surface area contributed by atoms with Crippen LogP contribution in [-0.4, -0.2) is 40.7 Å². The van der Waals surface area contributed by atoms with Crippen LogP contribution in [0.4, 0.5) is 26.3 Å². The van der Waals surface area contributed by atoms with E-state index in [9.17, 15) is 35.9 Å². The molecule has 7 nitrogen and oxygen atoms in total. The van der Waals surface area contributed by atoms with E-state index in [1.54, 1.807) is 31.2 Å². The minimum absolute atomic E-state index is 0.0595. The number of aromatic nitrogens is 2. The highest BCUT2D eigenvalue weighted by atomic mass is 19.4. The number of aryl methyl sites for hydroxylation is 1. The molecule has 2 amide bonds. The SMILES string of the molecule is Cc1ccc(C2=C(NC(=O)c3cnccn3)C(=O)NC(c3ccc(OCCCC(F)(F)F)cc3)(C(F)(F)F)C2)cc1. The molecule has 0 saturated carbocycles. The number of carbonyl (C=O) groups is 2. The predicted octanol–water partition coefficient (Wildman–Crippen LogP) is 5.63. The first-order chi connectivity index (χ1) is 19.3. The number of rotatable bonds is 8. The van der Waals surface area contributed by atoms with Crippen molar-refractivity contribution in [3.63, 3.8) is 0 Å². The molecule has 0 fully saturated rings. The Labute approximate surface area is 230 Å². The maximum Gasteiger partial charge on any atom is 0.416 e. The summed E-state index contributed by atoms with van der Waals surface area (Å²) >= 11 is 0. The first-order valence-corrected chi connectivity index (χ1v) is 12.4. The summed E-state index contributed by atoms with van der Waals surface area (Å²) in [6, 6.07) is 11.0. The monoisotopic (exact) mass is 578 g/mol. The Morgan fingerprint density at radius 1 is 1.02 bits per heavy atom. The van der Waals surface area contributed by atoms with E-state index in [1.807, 2.05) is 0 Å². The molecule has 0 saturated heterocycles. The van der Waals surface area contributed by atoms with Crippen molar-refractivity contribution in [3.8, 4) is 5.75 Å². The van der Waals surface area contributed by atoms with Crippen molar-refractivity contribution in [3.05, 3.63) is 95.2 Å². The largest absolute Gasteiger partial charge is 0.494 e. The fraction of sp³-hybridized carbons (Fsp3) is 0.286. The summed E-state index contributed by atoms with van der Waals surface area (Å²) in [6.07, 6.45) is -7.75. The van der Waals surface area contributed by atoms with Crippen molar-refractivity contribution in [1.29, 1.82) is 0 Å². The predicted molar refractivity (Wildman–Crippen MR) is 135 cm³/mol. The lowest BCUT2D eigenvalue weighted by Gasteiger charge is -2.41. The fourth-order valence-electron chi connectivity index (χ4n) is 4.33. The van der Waals surface area contributed by atoms with E-state index < -0.39 is 42.5 Å². The van der Waals surface area contributed by atoms with Crippen LogP contribution >= 0.6 is 0 Å². The van der Waals surface area contributed by atoms with Crippen LogP contribution in [0.1, 0.15) is 46.4 Å². The Morgan fingerprint density at radius 2 is 1.71 bits per heavy atom. The van der Waals surface area contributed by atoms with Crippen molar-refractivity contribution in [1.82, 2.24) is 20.6 Å². The van der Waals surface area contributed by atoms with E-state index in [-0.39, 0.29) is 46.9 Å². The third-order valence-electron chi connectivity index (χ3n) is 6.44. The Hall–Kier alpha value is -4.42. The van der Waals surface area contributed by atoms with Gasteiger partial charge in [-0.1, -0.05) is 42.0 Å². The van der Waals surface area contributed by atoms with Crippen LogP contribution in [0.2, 0.25) is 0 Å². The number of nitrogens with zero attached hydrogens (tertiary/aromatic N) is 2. The summed E-state index contributed by atoms with van der Waals surface area (Å²) in [5.74, 6) is -1.94. The molecular formula is C28H24F6N4O3. The highest BCUT2D eigenvalue weighted by molar-refractivity contribution is 6.08. The number of hydrogen-bond acceptors (Lipinski definition) is 5. The van der Waals surface area contributed by atoms with Gasteiger partial charge in [-0.2, -0.15) is 26.3 Å². The van der Waals surface area contributed by atoms with Gasteiger partial charge in [0.05, 0.1) is 12.8 Å². The molecule has 2 aromatic carbocycles. The van der Waals surface area contributed by atoms with Gasteiger partial charge in [0.1, 0.15) is 17.1 Å². The lowest BCUT2D eigenvalue weighted by atomic mass is 9.77. The molecule has 3 aromatic rings. The molecule has 2 heterocycles. The first kappa shape index (κ1) is 29.6. The molecule has 0 spiro atoms. The molecule has 0 radical (unpaired) electrons. The van der Waals surface area contributed by atoms with Crippen molar-refractivity contribution in [2.75, 3.05) is 6.61 Å². The number of carbonyl (C=O) groups excluding carboxylic acids is 2. The number of benzene rings is 2. The van der Waals surface area contributed by atoms with Crippen molar-refractivity contribution in [2.24, 2.45) is 0 Å². The highest BCUT2D eigenvalue weighted by Gasteiger charge is 2.59. The zero-order valence-electron chi connectivity index (χ0n) is 21.6. The van der Waals surface area contributed by atoms with Gasteiger partial charge in [-0.3, -0.25) is 14.6 Å². The van der Waals surface area contributed by atoms with E-state index in [1.165, 1.54) is 24.5 Å². The molecule has 0 aliphatic carbocycles. The van der Waals surface area contributed by atoms with Gasteiger partial charge in [0.2, 0.25) is 0 Å². The second-order valence-electron chi connectivity index (χ2n) is 9.39. The topological polar surface area (TPSA) is 93.2 Å². The number of nitrogens with one attached hydrogen (secondary N) is 2. The van der Waals surface area contributed by atoms with E-state index in [4.69, 9.17) is 4.74 Å². The average Bonchev–Trinajstić information content (AvgIpc) is 2.92.